The van der Waals surface area contributed by atoms with E-state index in [-0.39, 0.29) is 25.9 Å². The van der Waals surface area contributed by atoms with Crippen LogP contribution in [-0.2, 0) is 42.9 Å². The van der Waals surface area contributed by atoms with E-state index in [1.807, 2.05) is 12.2 Å². The number of unbranched alkanes of at least 4 members (excludes halogenated alkanes) is 24. The number of carboxylic acids is 1. The van der Waals surface area contributed by atoms with Gasteiger partial charge in [0.25, 0.3) is 0 Å². The molecule has 12 nitrogen and oxygen atoms in total. The zero-order valence-corrected chi connectivity index (χ0v) is 51.0. The normalized spacial score (nSPS) is 18.4. The van der Waals surface area contributed by atoms with Crippen molar-refractivity contribution >= 4 is 23.9 Å². The lowest BCUT2D eigenvalue weighted by Gasteiger charge is -2.40. The molecule has 1 fully saturated rings. The Kier molecular flexibility index (Phi) is 51.7. The molecular formula is C69H114O12. The Labute approximate surface area is 492 Å². The highest BCUT2D eigenvalue weighted by atomic mass is 16.7. The second-order valence-corrected chi connectivity index (χ2v) is 21.6. The van der Waals surface area contributed by atoms with Gasteiger partial charge in [-0.3, -0.25) is 14.4 Å². The lowest BCUT2D eigenvalue weighted by molar-refractivity contribution is -0.301. The summed E-state index contributed by atoms with van der Waals surface area (Å²) in [5, 5.41) is 31.6. The van der Waals surface area contributed by atoms with Gasteiger partial charge in [-0.2, -0.15) is 0 Å². The lowest BCUT2D eigenvalue weighted by atomic mass is 9.98. The number of hydrogen-bond donors (Lipinski definition) is 3. The highest BCUT2D eigenvalue weighted by Crippen LogP contribution is 2.26. The number of aliphatic hydroxyl groups excluding tert-OH is 2. The third kappa shape index (κ3) is 45.8. The van der Waals surface area contributed by atoms with Crippen LogP contribution in [0.3, 0.4) is 0 Å². The summed E-state index contributed by atoms with van der Waals surface area (Å²) >= 11 is 0. The van der Waals surface area contributed by atoms with Crippen molar-refractivity contribution < 1.29 is 58.2 Å². The number of rotatable bonds is 54. The number of aliphatic carboxylic acids is 1. The van der Waals surface area contributed by atoms with Crippen molar-refractivity contribution in [3.05, 3.63) is 97.2 Å². The molecule has 0 bridgehead atoms. The molecule has 0 aliphatic carbocycles. The molecule has 1 aliphatic heterocycles. The summed E-state index contributed by atoms with van der Waals surface area (Å²) in [6.45, 7) is 5.76. The topological polar surface area (TPSA) is 175 Å². The minimum absolute atomic E-state index is 0.0229. The Balaban J connectivity index is 2.69. The van der Waals surface area contributed by atoms with Gasteiger partial charge in [-0.25, -0.2) is 4.79 Å². The molecule has 0 saturated carbocycles. The number of allylic oxidation sites excluding steroid dienone is 16. The van der Waals surface area contributed by atoms with Crippen LogP contribution in [0.5, 0.6) is 0 Å². The molecule has 3 N–H and O–H groups in total. The first-order valence-corrected chi connectivity index (χ1v) is 32.2. The first-order chi connectivity index (χ1) is 39.6. The van der Waals surface area contributed by atoms with Crippen molar-refractivity contribution in [1.82, 2.24) is 0 Å². The number of aliphatic hydroxyl groups is 2. The quantitative estimate of drug-likeness (QED) is 0.0228. The molecule has 0 radical (unpaired) electrons. The number of ether oxygens (including phenoxy) is 5. The largest absolute Gasteiger partial charge is 0.479 e. The van der Waals surface area contributed by atoms with E-state index in [2.05, 4.69) is 106 Å². The second-order valence-electron chi connectivity index (χ2n) is 21.6. The summed E-state index contributed by atoms with van der Waals surface area (Å²) in [4.78, 5) is 51.3. The molecule has 6 unspecified atom stereocenters. The number of carbonyl (C=O) groups is 4. The van der Waals surface area contributed by atoms with Gasteiger partial charge in [0.1, 0.15) is 18.8 Å². The second kappa shape index (κ2) is 56.1. The van der Waals surface area contributed by atoms with Crippen LogP contribution in [0.4, 0.5) is 0 Å². The fourth-order valence-electron chi connectivity index (χ4n) is 9.30. The van der Waals surface area contributed by atoms with Gasteiger partial charge in [0.15, 0.2) is 24.6 Å². The van der Waals surface area contributed by atoms with Gasteiger partial charge in [0.05, 0.1) is 6.61 Å². The third-order valence-electron chi connectivity index (χ3n) is 14.2. The average Bonchev–Trinajstić information content (AvgIpc) is 3.53. The van der Waals surface area contributed by atoms with Crippen LogP contribution in [-0.4, -0.2) is 89.2 Å². The van der Waals surface area contributed by atoms with Gasteiger partial charge < -0.3 is 39.0 Å². The van der Waals surface area contributed by atoms with E-state index in [1.165, 1.54) is 96.3 Å². The molecular weight excluding hydrogens is 1020 g/mol. The van der Waals surface area contributed by atoms with Gasteiger partial charge in [0, 0.05) is 19.3 Å². The van der Waals surface area contributed by atoms with Crippen LogP contribution in [0, 0.1) is 0 Å². The average molecular weight is 1140 g/mol. The Morgan fingerprint density at radius 1 is 0.420 bits per heavy atom. The Hall–Kier alpha value is -4.36. The van der Waals surface area contributed by atoms with E-state index in [0.29, 0.717) is 25.7 Å². The van der Waals surface area contributed by atoms with Crippen LogP contribution in [0.2, 0.25) is 0 Å². The molecule has 0 spiro atoms. The summed E-state index contributed by atoms with van der Waals surface area (Å²) in [5.41, 5.74) is 0. The van der Waals surface area contributed by atoms with Gasteiger partial charge in [0.2, 0.25) is 0 Å². The summed E-state index contributed by atoms with van der Waals surface area (Å²) in [6, 6.07) is 0. The van der Waals surface area contributed by atoms with E-state index in [1.54, 1.807) is 0 Å². The van der Waals surface area contributed by atoms with Crippen molar-refractivity contribution in [2.45, 2.75) is 302 Å². The van der Waals surface area contributed by atoms with Crippen molar-refractivity contribution in [3.63, 3.8) is 0 Å². The van der Waals surface area contributed by atoms with Gasteiger partial charge in [-0.1, -0.05) is 253 Å². The van der Waals surface area contributed by atoms with E-state index in [9.17, 15) is 34.5 Å². The molecule has 1 heterocycles. The van der Waals surface area contributed by atoms with Gasteiger partial charge in [-0.05, 0) is 89.9 Å². The summed E-state index contributed by atoms with van der Waals surface area (Å²) < 4.78 is 28.4. The maximum atomic E-state index is 13.2. The maximum absolute atomic E-state index is 13.2. The molecule has 6 atom stereocenters. The predicted molar refractivity (Wildman–Crippen MR) is 331 cm³/mol. The third-order valence-corrected chi connectivity index (χ3v) is 14.2. The smallest absolute Gasteiger partial charge is 0.335 e. The molecule has 462 valence electrons. The van der Waals surface area contributed by atoms with Gasteiger partial charge >= 0.3 is 23.9 Å². The van der Waals surface area contributed by atoms with Crippen LogP contribution < -0.4 is 0 Å². The first kappa shape index (κ1) is 74.7. The monoisotopic (exact) mass is 1130 g/mol. The molecule has 0 aromatic carbocycles. The highest BCUT2D eigenvalue weighted by Gasteiger charge is 2.50. The molecule has 1 aliphatic rings. The standard InChI is InChI=1S/C69H114O12/c1-4-7-10-13-16-19-22-25-28-30-31-33-35-37-40-43-46-49-52-55-61(70)77-58-60(79-62(71)56-53-50-47-44-41-38-34-27-24-21-18-15-12-9-6-3)59-78-69-67(65(74)64(73)66(81-69)68(75)76)80-63(72)57-54-51-48-45-42-39-36-32-29-26-23-20-17-14-11-8-5-2/h8-9,11-12,17-18,20-21,26-27,29,34,36,39,45,48,60,64-67,69,73-74H,4-7,10,13-16,19,22-25,28,30-33,35,37-38,40-44,46-47,49-59H2,1-3H3,(H,75,76)/b11-8-,12-9-,20-17-,21-18-,29-26-,34-27-,39-36-,48-45-. The molecule has 81 heavy (non-hydrogen) atoms. The minimum Gasteiger partial charge on any atom is -0.479 e. The van der Waals surface area contributed by atoms with Crippen molar-refractivity contribution in [1.29, 1.82) is 0 Å². The van der Waals surface area contributed by atoms with E-state index in [4.69, 9.17) is 23.7 Å². The van der Waals surface area contributed by atoms with E-state index >= 15 is 0 Å². The molecule has 0 amide bonds. The van der Waals surface area contributed by atoms with Crippen LogP contribution in [0.15, 0.2) is 97.2 Å². The SMILES string of the molecule is CC/C=C\C/C=C\C/C=C\C/C=C\C/C=C\CCCC(=O)OC1C(OCC(COC(=O)CCCCCCCCCCCCCCCCCCCCC)OC(=O)CCCCCCC/C=C\C/C=C\C/C=C\CC)OC(C(=O)O)C(O)C1O. The number of esters is 3. The highest BCUT2D eigenvalue weighted by molar-refractivity contribution is 5.74. The fourth-order valence-corrected chi connectivity index (χ4v) is 9.30. The van der Waals surface area contributed by atoms with E-state index in [0.717, 1.165) is 103 Å². The Morgan fingerprint density at radius 2 is 0.790 bits per heavy atom. The van der Waals surface area contributed by atoms with Crippen molar-refractivity contribution in [2.24, 2.45) is 0 Å². The fraction of sp³-hybridized carbons (Fsp3) is 0.710. The first-order valence-electron chi connectivity index (χ1n) is 32.2. The van der Waals surface area contributed by atoms with E-state index < -0.39 is 67.3 Å². The van der Waals surface area contributed by atoms with Crippen LogP contribution in [0.25, 0.3) is 0 Å². The number of carbonyl (C=O) groups excluding carboxylic acids is 3. The molecule has 1 rings (SSSR count). The Morgan fingerprint density at radius 3 is 1.22 bits per heavy atom. The Bertz CT molecular complexity index is 1780. The summed E-state index contributed by atoms with van der Waals surface area (Å²) in [5.74, 6) is -3.21. The van der Waals surface area contributed by atoms with Crippen LogP contribution in [0.1, 0.15) is 265 Å². The zero-order chi connectivity index (χ0) is 58.9. The molecule has 0 aromatic rings. The minimum atomic E-state index is -1.93. The summed E-state index contributed by atoms with van der Waals surface area (Å²) in [6.07, 6.45) is 62.3. The maximum Gasteiger partial charge on any atom is 0.335 e. The lowest BCUT2D eigenvalue weighted by Crippen LogP contribution is -2.61. The summed E-state index contributed by atoms with van der Waals surface area (Å²) in [7, 11) is 0. The zero-order valence-electron chi connectivity index (χ0n) is 51.0. The van der Waals surface area contributed by atoms with Crippen molar-refractivity contribution in [3.8, 4) is 0 Å². The molecule has 0 aromatic heterocycles. The van der Waals surface area contributed by atoms with Crippen molar-refractivity contribution in [2.75, 3.05) is 13.2 Å². The number of hydrogen-bond acceptors (Lipinski definition) is 11. The molecule has 12 heteroatoms. The molecule has 1 saturated heterocycles. The van der Waals surface area contributed by atoms with Crippen LogP contribution >= 0.6 is 0 Å². The predicted octanol–water partition coefficient (Wildman–Crippen LogP) is 17.2. The number of carboxylic acid groups (broad SMARTS) is 1. The van der Waals surface area contributed by atoms with Gasteiger partial charge in [-0.15, -0.1) is 0 Å².